The van der Waals surface area contributed by atoms with Gasteiger partial charge in [0, 0.05) is 31.9 Å². The zero-order valence-electron chi connectivity index (χ0n) is 11.6. The maximum absolute atomic E-state index is 5.74. The number of rotatable bonds is 4. The third-order valence-corrected chi connectivity index (χ3v) is 3.86. The van der Waals surface area contributed by atoms with E-state index in [2.05, 4.69) is 32.3 Å². The molecule has 3 rings (SSSR count). The first-order valence-corrected chi connectivity index (χ1v) is 7.80. The van der Waals surface area contributed by atoms with Gasteiger partial charge >= 0.3 is 0 Å². The molecule has 0 fully saturated rings. The van der Waals surface area contributed by atoms with Crippen molar-refractivity contribution in [2.45, 2.75) is 19.5 Å². The number of pyridine rings is 1. The zero-order chi connectivity index (χ0) is 14.5. The predicted molar refractivity (Wildman–Crippen MR) is 84.5 cm³/mol. The summed E-state index contributed by atoms with van der Waals surface area (Å²) in [5.74, 6) is 1.63. The summed E-state index contributed by atoms with van der Waals surface area (Å²) in [6, 6.07) is 8.14. The summed E-state index contributed by atoms with van der Waals surface area (Å²) in [7, 11) is 0. The van der Waals surface area contributed by atoms with Crippen LogP contribution in [0.5, 0.6) is 11.5 Å². The molecule has 0 aliphatic carbocycles. The van der Waals surface area contributed by atoms with Crippen molar-refractivity contribution in [1.82, 2.24) is 10.3 Å². The van der Waals surface area contributed by atoms with Crippen LogP contribution in [-0.2, 0) is 13.1 Å². The van der Waals surface area contributed by atoms with Crippen LogP contribution < -0.4 is 14.8 Å². The highest BCUT2D eigenvalue weighted by Gasteiger charge is 2.15. The third kappa shape index (κ3) is 3.74. The highest BCUT2D eigenvalue weighted by molar-refractivity contribution is 9.10. The lowest BCUT2D eigenvalue weighted by Gasteiger charge is -2.12. The summed E-state index contributed by atoms with van der Waals surface area (Å²) in [5.41, 5.74) is 2.39. The van der Waals surface area contributed by atoms with Crippen molar-refractivity contribution in [3.63, 3.8) is 0 Å². The first-order chi connectivity index (χ1) is 10.3. The number of halogens is 1. The molecular weight excluding hydrogens is 332 g/mol. The van der Waals surface area contributed by atoms with Crippen LogP contribution in [0.15, 0.2) is 41.1 Å². The molecule has 4 nitrogen and oxygen atoms in total. The average molecular weight is 349 g/mol. The first-order valence-electron chi connectivity index (χ1n) is 7.00. The number of fused-ring (bicyclic) bond motifs is 1. The van der Waals surface area contributed by atoms with E-state index < -0.39 is 0 Å². The predicted octanol–water partition coefficient (Wildman–Crippen LogP) is 3.30. The van der Waals surface area contributed by atoms with Crippen molar-refractivity contribution in [2.75, 3.05) is 13.2 Å². The Labute approximate surface area is 132 Å². The second kappa shape index (κ2) is 6.91. The number of aromatic nitrogens is 1. The topological polar surface area (TPSA) is 43.4 Å². The number of nitrogens with zero attached hydrogens (tertiary/aromatic N) is 1. The number of nitrogens with one attached hydrogen (secondary N) is 1. The number of hydrogen-bond acceptors (Lipinski definition) is 4. The van der Waals surface area contributed by atoms with Crippen molar-refractivity contribution < 1.29 is 9.47 Å². The van der Waals surface area contributed by atoms with E-state index in [9.17, 15) is 0 Å². The van der Waals surface area contributed by atoms with E-state index in [-0.39, 0.29) is 0 Å². The Hall–Kier alpha value is -1.59. The van der Waals surface area contributed by atoms with Crippen molar-refractivity contribution >= 4 is 15.9 Å². The van der Waals surface area contributed by atoms with Gasteiger partial charge in [-0.2, -0.15) is 0 Å². The number of benzene rings is 1. The largest absolute Gasteiger partial charge is 0.490 e. The van der Waals surface area contributed by atoms with E-state index in [0.29, 0.717) is 13.2 Å². The van der Waals surface area contributed by atoms with Crippen LogP contribution in [0.1, 0.15) is 17.5 Å². The Balaban J connectivity index is 1.66. The fourth-order valence-corrected chi connectivity index (χ4v) is 2.84. The highest BCUT2D eigenvalue weighted by Crippen LogP contribution is 2.38. The van der Waals surface area contributed by atoms with Crippen LogP contribution >= 0.6 is 15.9 Å². The quantitative estimate of drug-likeness (QED) is 0.920. The van der Waals surface area contributed by atoms with Crippen molar-refractivity contribution in [3.8, 4) is 11.5 Å². The van der Waals surface area contributed by atoms with Crippen molar-refractivity contribution in [3.05, 3.63) is 52.3 Å². The Kier molecular flexibility index (Phi) is 4.72. The fraction of sp³-hybridized carbons (Fsp3) is 0.312. The Morgan fingerprint density at radius 3 is 2.67 bits per heavy atom. The van der Waals surface area contributed by atoms with E-state index in [1.807, 2.05) is 18.2 Å². The van der Waals surface area contributed by atoms with E-state index >= 15 is 0 Å². The lowest BCUT2D eigenvalue weighted by molar-refractivity contribution is 0.296. The number of ether oxygens (including phenoxy) is 2. The summed E-state index contributed by atoms with van der Waals surface area (Å²) >= 11 is 3.56. The van der Waals surface area contributed by atoms with Gasteiger partial charge in [0.1, 0.15) is 0 Å². The smallest absolute Gasteiger partial charge is 0.175 e. The molecule has 1 aliphatic heterocycles. The normalized spacial score (nSPS) is 13.8. The summed E-state index contributed by atoms with van der Waals surface area (Å²) < 4.78 is 12.4. The lowest BCUT2D eigenvalue weighted by Crippen LogP contribution is -2.12. The second-order valence-corrected chi connectivity index (χ2v) is 5.77. The van der Waals surface area contributed by atoms with Crippen LogP contribution in [0.2, 0.25) is 0 Å². The molecule has 110 valence electrons. The lowest BCUT2D eigenvalue weighted by atomic mass is 10.2. The van der Waals surface area contributed by atoms with Gasteiger partial charge in [0.05, 0.1) is 17.7 Å². The van der Waals surface area contributed by atoms with Gasteiger partial charge in [0.2, 0.25) is 0 Å². The summed E-state index contributed by atoms with van der Waals surface area (Å²) in [4.78, 5) is 4.02. The summed E-state index contributed by atoms with van der Waals surface area (Å²) in [6.07, 6.45) is 4.53. The molecule has 0 amide bonds. The maximum atomic E-state index is 5.74. The molecule has 1 aromatic carbocycles. The van der Waals surface area contributed by atoms with Crippen LogP contribution in [0, 0.1) is 0 Å². The average Bonchev–Trinajstić information content (AvgIpc) is 2.74. The van der Waals surface area contributed by atoms with Crippen LogP contribution in [0.25, 0.3) is 0 Å². The highest BCUT2D eigenvalue weighted by atomic mass is 79.9. The zero-order valence-corrected chi connectivity index (χ0v) is 13.2. The van der Waals surface area contributed by atoms with E-state index in [4.69, 9.17) is 9.47 Å². The molecule has 0 unspecified atom stereocenters. The Morgan fingerprint density at radius 1 is 1.05 bits per heavy atom. The molecule has 0 spiro atoms. The minimum absolute atomic E-state index is 0.700. The molecule has 21 heavy (non-hydrogen) atoms. The van der Waals surface area contributed by atoms with Crippen molar-refractivity contribution in [1.29, 1.82) is 0 Å². The van der Waals surface area contributed by atoms with Gasteiger partial charge in [-0.15, -0.1) is 0 Å². The standard InChI is InChI=1S/C16H17BrN2O2/c17-14-8-13(9-15-16(14)21-7-1-6-20-15)11-19-10-12-2-4-18-5-3-12/h2-5,8-9,19H,1,6-7,10-11H2. The van der Waals surface area contributed by atoms with Gasteiger partial charge in [0.15, 0.2) is 11.5 Å². The molecule has 1 N–H and O–H groups in total. The SMILES string of the molecule is Brc1cc(CNCc2ccncc2)cc2c1OCCCO2. The van der Waals surface area contributed by atoms with Gasteiger partial charge in [-0.3, -0.25) is 4.98 Å². The first kappa shape index (κ1) is 14.4. The van der Waals surface area contributed by atoms with E-state index in [1.54, 1.807) is 12.4 Å². The molecule has 0 bridgehead atoms. The molecular formula is C16H17BrN2O2. The van der Waals surface area contributed by atoms with Crippen LogP contribution in [0.3, 0.4) is 0 Å². The monoisotopic (exact) mass is 348 g/mol. The molecule has 1 aromatic heterocycles. The molecule has 0 saturated heterocycles. The summed E-state index contributed by atoms with van der Waals surface area (Å²) in [6.45, 7) is 2.99. The van der Waals surface area contributed by atoms with E-state index in [1.165, 1.54) is 11.1 Å². The molecule has 0 radical (unpaired) electrons. The fourth-order valence-electron chi connectivity index (χ4n) is 2.24. The van der Waals surface area contributed by atoms with Crippen LogP contribution in [-0.4, -0.2) is 18.2 Å². The molecule has 1 aliphatic rings. The minimum Gasteiger partial charge on any atom is -0.490 e. The van der Waals surface area contributed by atoms with Crippen molar-refractivity contribution in [2.24, 2.45) is 0 Å². The minimum atomic E-state index is 0.700. The Morgan fingerprint density at radius 2 is 1.81 bits per heavy atom. The van der Waals surface area contributed by atoms with Gasteiger partial charge in [-0.25, -0.2) is 0 Å². The number of hydrogen-bond donors (Lipinski definition) is 1. The molecule has 2 aromatic rings. The second-order valence-electron chi connectivity index (χ2n) is 4.91. The molecule has 0 atom stereocenters. The van der Waals surface area contributed by atoms with E-state index in [0.717, 1.165) is 35.5 Å². The summed E-state index contributed by atoms with van der Waals surface area (Å²) in [5, 5.41) is 3.42. The van der Waals surface area contributed by atoms with Gasteiger partial charge in [-0.05, 0) is 51.3 Å². The maximum Gasteiger partial charge on any atom is 0.175 e. The van der Waals surface area contributed by atoms with Gasteiger partial charge in [-0.1, -0.05) is 0 Å². The third-order valence-electron chi connectivity index (χ3n) is 3.27. The Bertz CT molecular complexity index is 605. The van der Waals surface area contributed by atoms with Crippen LogP contribution in [0.4, 0.5) is 0 Å². The van der Waals surface area contributed by atoms with Gasteiger partial charge in [0.25, 0.3) is 0 Å². The molecule has 2 heterocycles. The van der Waals surface area contributed by atoms with Gasteiger partial charge < -0.3 is 14.8 Å². The molecule has 0 saturated carbocycles. The molecule has 5 heteroatoms.